The van der Waals surface area contributed by atoms with Crippen molar-refractivity contribution in [3.05, 3.63) is 47.8 Å². The van der Waals surface area contributed by atoms with E-state index in [1.807, 2.05) is 0 Å². The number of hydrogen-bond acceptors (Lipinski definition) is 6. The molecule has 3 heterocycles. The Kier molecular flexibility index (Phi) is 5.20. The van der Waals surface area contributed by atoms with Crippen LogP contribution in [0.25, 0.3) is 16.7 Å². The molecular formula is C24H20F4N6O. The number of fused-ring (bicyclic) bond motifs is 4. The topological polar surface area (TPSA) is 81.6 Å². The third-order valence-corrected chi connectivity index (χ3v) is 5.86. The number of ether oxygens (including phenoxy) is 1. The van der Waals surface area contributed by atoms with E-state index in [0.717, 1.165) is 13.8 Å². The van der Waals surface area contributed by atoms with Crippen LogP contribution in [0.4, 0.5) is 35.0 Å². The lowest BCUT2D eigenvalue weighted by molar-refractivity contribution is -0.190. The van der Waals surface area contributed by atoms with E-state index in [1.54, 1.807) is 35.2 Å². The lowest BCUT2D eigenvalue weighted by atomic mass is 9.93. The number of rotatable bonds is 1. The van der Waals surface area contributed by atoms with Crippen molar-refractivity contribution in [3.63, 3.8) is 0 Å². The molecule has 7 nitrogen and oxygen atoms in total. The number of nitrogen functional groups attached to an aromatic ring is 1. The smallest absolute Gasteiger partial charge is 0.404 e. The molecule has 2 aromatic carbocycles. The van der Waals surface area contributed by atoms with Crippen LogP contribution in [0, 0.1) is 23.1 Å². The Hall–Kier alpha value is -4.07. The summed E-state index contributed by atoms with van der Waals surface area (Å²) < 4.78 is 62.5. The van der Waals surface area contributed by atoms with Gasteiger partial charge in [0.2, 0.25) is 5.95 Å². The van der Waals surface area contributed by atoms with Crippen LogP contribution < -0.4 is 15.4 Å². The monoisotopic (exact) mass is 484 g/mol. The molecule has 2 N–H and O–H groups in total. The van der Waals surface area contributed by atoms with Gasteiger partial charge in [-0.1, -0.05) is 24.0 Å². The van der Waals surface area contributed by atoms with E-state index in [1.165, 1.54) is 10.5 Å². The van der Waals surface area contributed by atoms with E-state index in [2.05, 4.69) is 27.0 Å². The molecule has 0 bridgehead atoms. The Morgan fingerprint density at radius 2 is 1.86 bits per heavy atom. The van der Waals surface area contributed by atoms with Crippen LogP contribution in [0.2, 0.25) is 0 Å². The van der Waals surface area contributed by atoms with Crippen molar-refractivity contribution >= 4 is 34.1 Å². The zero-order valence-corrected chi connectivity index (χ0v) is 18.8. The maximum absolute atomic E-state index is 15.2. The summed E-state index contributed by atoms with van der Waals surface area (Å²) in [6.07, 6.45) is -3.94. The second kappa shape index (κ2) is 8.01. The molecule has 0 spiro atoms. The first kappa shape index (κ1) is 22.7. The largest absolute Gasteiger partial charge is 0.490 e. The van der Waals surface area contributed by atoms with Crippen molar-refractivity contribution in [2.75, 3.05) is 23.8 Å². The predicted molar refractivity (Wildman–Crippen MR) is 123 cm³/mol. The molecule has 11 heteroatoms. The van der Waals surface area contributed by atoms with Gasteiger partial charge in [-0.25, -0.2) is 8.79 Å². The van der Waals surface area contributed by atoms with Crippen molar-refractivity contribution in [3.8, 4) is 17.6 Å². The van der Waals surface area contributed by atoms with Gasteiger partial charge in [-0.2, -0.15) is 18.2 Å². The number of nitrogens with two attached hydrogens (primary N) is 1. The molecule has 0 atom stereocenters. The number of alkyl halides is 3. The first-order valence-electron chi connectivity index (χ1n) is 10.8. The number of halogens is 4. The minimum Gasteiger partial charge on any atom is -0.490 e. The van der Waals surface area contributed by atoms with Crippen LogP contribution in [-0.4, -0.2) is 38.9 Å². The van der Waals surface area contributed by atoms with Crippen molar-refractivity contribution in [2.24, 2.45) is 5.41 Å². The summed E-state index contributed by atoms with van der Waals surface area (Å²) in [6.45, 7) is 2.75. The summed E-state index contributed by atoms with van der Waals surface area (Å²) in [5, 5.41) is 8.06. The average Bonchev–Trinajstić information content (AvgIpc) is 3.04. The first-order valence-corrected chi connectivity index (χ1v) is 10.8. The van der Waals surface area contributed by atoms with Gasteiger partial charge in [0.05, 0.1) is 28.8 Å². The summed E-state index contributed by atoms with van der Waals surface area (Å²) in [5.74, 6) is 5.28. The molecule has 0 saturated heterocycles. The minimum absolute atomic E-state index is 0.0686. The van der Waals surface area contributed by atoms with Crippen LogP contribution in [0.15, 0.2) is 36.4 Å². The highest BCUT2D eigenvalue weighted by Gasteiger charge is 2.46. The van der Waals surface area contributed by atoms with Crippen LogP contribution in [-0.2, 0) is 0 Å². The fraction of sp³-hybridized carbons (Fsp3) is 0.292. The number of aromatic nitrogens is 4. The molecule has 1 aliphatic heterocycles. The third-order valence-electron chi connectivity index (χ3n) is 5.86. The van der Waals surface area contributed by atoms with E-state index < -0.39 is 17.4 Å². The molecular weight excluding hydrogens is 464 g/mol. The predicted octanol–water partition coefficient (Wildman–Crippen LogP) is 4.86. The van der Waals surface area contributed by atoms with Gasteiger partial charge in [0.25, 0.3) is 5.78 Å². The number of para-hydroxylation sites is 1. The van der Waals surface area contributed by atoms with Crippen LogP contribution >= 0.6 is 0 Å². The zero-order chi connectivity index (χ0) is 25.0. The van der Waals surface area contributed by atoms with Crippen molar-refractivity contribution in [1.82, 2.24) is 19.6 Å². The summed E-state index contributed by atoms with van der Waals surface area (Å²) in [6, 6.07) is 9.55. The van der Waals surface area contributed by atoms with Gasteiger partial charge in [-0.3, -0.25) is 0 Å². The van der Waals surface area contributed by atoms with Crippen molar-refractivity contribution in [2.45, 2.75) is 26.4 Å². The van der Waals surface area contributed by atoms with Crippen molar-refractivity contribution in [1.29, 1.82) is 0 Å². The molecule has 2 aromatic heterocycles. The normalized spacial score (nSPS) is 14.3. The SMILES string of the molecule is CC(C)(C#Cc1cccc2c1OCCCN2c1nc2nnc(N)n2c2cccc(F)c12)C(F)(F)F. The van der Waals surface area contributed by atoms with E-state index in [4.69, 9.17) is 10.5 Å². The number of hydrogen-bond donors (Lipinski definition) is 1. The van der Waals surface area contributed by atoms with Gasteiger partial charge in [0.1, 0.15) is 17.1 Å². The Morgan fingerprint density at radius 1 is 1.09 bits per heavy atom. The van der Waals surface area contributed by atoms with Gasteiger partial charge >= 0.3 is 6.18 Å². The molecule has 4 aromatic rings. The standard InChI is InChI=1S/C24H20F4N6O/c1-23(2,24(26,27)28)11-10-14-6-3-9-17-19(14)35-13-5-12-33(17)20-18-15(25)7-4-8-16(18)34-21(29)31-32-22(34)30-20/h3-4,6-9H,5,12-13H2,1-2H3,(H2,29,31). The second-order valence-corrected chi connectivity index (χ2v) is 8.64. The Bertz CT molecular complexity index is 1520. The van der Waals surface area contributed by atoms with Gasteiger partial charge in [0.15, 0.2) is 5.75 Å². The highest BCUT2D eigenvalue weighted by molar-refractivity contribution is 5.95. The van der Waals surface area contributed by atoms with Gasteiger partial charge in [-0.15, -0.1) is 10.2 Å². The molecule has 35 heavy (non-hydrogen) atoms. The molecule has 180 valence electrons. The van der Waals surface area contributed by atoms with E-state index in [9.17, 15) is 13.2 Å². The van der Waals surface area contributed by atoms with E-state index >= 15 is 4.39 Å². The number of benzene rings is 2. The Morgan fingerprint density at radius 3 is 2.63 bits per heavy atom. The summed E-state index contributed by atoms with van der Waals surface area (Å²) in [4.78, 5) is 6.31. The fourth-order valence-electron chi connectivity index (χ4n) is 3.88. The number of nitrogens with zero attached hydrogens (tertiary/aromatic N) is 5. The molecule has 1 aliphatic rings. The van der Waals surface area contributed by atoms with Gasteiger partial charge < -0.3 is 15.4 Å². The van der Waals surface area contributed by atoms with E-state index in [-0.39, 0.29) is 22.9 Å². The lowest BCUT2D eigenvalue weighted by Gasteiger charge is -2.25. The van der Waals surface area contributed by atoms with Gasteiger partial charge in [0, 0.05) is 6.54 Å². The summed E-state index contributed by atoms with van der Waals surface area (Å²) in [7, 11) is 0. The first-order chi connectivity index (χ1) is 16.6. The van der Waals surface area contributed by atoms with Crippen LogP contribution in [0.3, 0.4) is 0 Å². The summed E-state index contributed by atoms with van der Waals surface area (Å²) in [5.41, 5.74) is 4.97. The second-order valence-electron chi connectivity index (χ2n) is 8.64. The molecule has 5 rings (SSSR count). The molecule has 0 aliphatic carbocycles. The highest BCUT2D eigenvalue weighted by Crippen LogP contribution is 2.42. The third kappa shape index (κ3) is 3.75. The molecule has 0 saturated carbocycles. The average molecular weight is 484 g/mol. The molecule has 0 unspecified atom stereocenters. The zero-order valence-electron chi connectivity index (χ0n) is 18.8. The Balaban J connectivity index is 1.72. The Labute approximate surface area is 197 Å². The lowest BCUT2D eigenvalue weighted by Crippen LogP contribution is -2.30. The van der Waals surface area contributed by atoms with E-state index in [0.29, 0.717) is 42.1 Å². The molecule has 0 fully saturated rings. The molecule has 0 radical (unpaired) electrons. The highest BCUT2D eigenvalue weighted by atomic mass is 19.4. The van der Waals surface area contributed by atoms with Crippen LogP contribution in [0.1, 0.15) is 25.8 Å². The maximum Gasteiger partial charge on any atom is 0.404 e. The quantitative estimate of drug-likeness (QED) is 0.307. The fourth-order valence-corrected chi connectivity index (χ4v) is 3.88. The van der Waals surface area contributed by atoms with Crippen LogP contribution in [0.5, 0.6) is 5.75 Å². The molecule has 0 amide bonds. The van der Waals surface area contributed by atoms with Gasteiger partial charge in [-0.05, 0) is 44.5 Å². The maximum atomic E-state index is 15.2. The van der Waals surface area contributed by atoms with Crippen molar-refractivity contribution < 1.29 is 22.3 Å². The summed E-state index contributed by atoms with van der Waals surface area (Å²) >= 11 is 0. The number of anilines is 3. The minimum atomic E-state index is -4.49.